The van der Waals surface area contributed by atoms with Crippen LogP contribution < -0.4 is 10.2 Å². The molecule has 1 rings (SSSR count). The van der Waals surface area contributed by atoms with Gasteiger partial charge in [0, 0.05) is 31.7 Å². The molecule has 0 amide bonds. The minimum absolute atomic E-state index is 0.274. The third kappa shape index (κ3) is 13.3. The van der Waals surface area contributed by atoms with Gasteiger partial charge >= 0.3 is 0 Å². The molecule has 11 nitrogen and oxygen atoms in total. The van der Waals surface area contributed by atoms with Crippen LogP contribution in [0.2, 0.25) is 0 Å². The Bertz CT molecular complexity index is 745. The summed E-state index contributed by atoms with van der Waals surface area (Å²) in [7, 11) is -5.68. The van der Waals surface area contributed by atoms with Gasteiger partial charge in [-0.25, -0.2) is 33.6 Å². The first-order valence-corrected chi connectivity index (χ1v) is 13.1. The molecule has 0 radical (unpaired) electrons. The van der Waals surface area contributed by atoms with Crippen LogP contribution in [0.1, 0.15) is 30.9 Å². The van der Waals surface area contributed by atoms with Gasteiger partial charge < -0.3 is 4.84 Å². The quantitative estimate of drug-likeness (QED) is 0.138. The Morgan fingerprint density at radius 1 is 1.00 bits per heavy atom. The highest BCUT2D eigenvalue weighted by molar-refractivity contribution is 7.99. The lowest BCUT2D eigenvalue weighted by atomic mass is 10.2. The molecule has 0 spiro atoms. The number of thioether (sulfide) groups is 1. The van der Waals surface area contributed by atoms with Crippen LogP contribution in [0.25, 0.3) is 0 Å². The first-order chi connectivity index (χ1) is 13.1. The fraction of sp³-hybridized carbons (Fsp3) is 0.786. The SMILES string of the molecule is CONCCCc1nc(CCCNS(C)(=O)=O)nc(SCCCS(=O)(=O)O)n1. The molecule has 0 saturated heterocycles. The normalized spacial score (nSPS) is 12.4. The Hall–Kier alpha value is -0.900. The highest BCUT2D eigenvalue weighted by Crippen LogP contribution is 2.15. The van der Waals surface area contributed by atoms with E-state index in [1.54, 1.807) is 0 Å². The molecule has 0 bridgehead atoms. The molecule has 1 aromatic heterocycles. The summed E-state index contributed by atoms with van der Waals surface area (Å²) >= 11 is 1.29. The van der Waals surface area contributed by atoms with Crippen molar-refractivity contribution in [3.63, 3.8) is 0 Å². The maximum Gasteiger partial charge on any atom is 0.264 e. The predicted molar refractivity (Wildman–Crippen MR) is 106 cm³/mol. The van der Waals surface area contributed by atoms with Crippen LogP contribution in [0.3, 0.4) is 0 Å². The molecule has 0 atom stereocenters. The van der Waals surface area contributed by atoms with Crippen LogP contribution in [0.4, 0.5) is 0 Å². The molecular formula is C14H27N5O6S3. The second kappa shape index (κ2) is 12.6. The van der Waals surface area contributed by atoms with E-state index in [9.17, 15) is 16.8 Å². The van der Waals surface area contributed by atoms with Crippen LogP contribution in [-0.4, -0.2) is 74.3 Å². The zero-order valence-electron chi connectivity index (χ0n) is 15.9. The summed E-state index contributed by atoms with van der Waals surface area (Å²) in [5.41, 5.74) is 2.74. The number of hydroxylamine groups is 1. The molecule has 3 N–H and O–H groups in total. The van der Waals surface area contributed by atoms with Crippen molar-refractivity contribution in [3.05, 3.63) is 11.6 Å². The molecule has 0 aromatic carbocycles. The van der Waals surface area contributed by atoms with Gasteiger partial charge in [-0.2, -0.15) is 8.42 Å². The third-order valence-corrected chi connectivity index (χ3v) is 5.72. The Kier molecular flexibility index (Phi) is 11.3. The minimum atomic E-state index is -3.98. The van der Waals surface area contributed by atoms with Gasteiger partial charge in [-0.3, -0.25) is 4.55 Å². The number of hydrogen-bond donors (Lipinski definition) is 3. The lowest BCUT2D eigenvalue weighted by Gasteiger charge is -2.08. The monoisotopic (exact) mass is 457 g/mol. The minimum Gasteiger partial charge on any atom is -0.305 e. The largest absolute Gasteiger partial charge is 0.305 e. The smallest absolute Gasteiger partial charge is 0.264 e. The molecule has 0 aliphatic heterocycles. The van der Waals surface area contributed by atoms with Crippen molar-refractivity contribution >= 4 is 31.9 Å². The maximum absolute atomic E-state index is 11.1. The zero-order chi connectivity index (χ0) is 21.0. The average Bonchev–Trinajstić information content (AvgIpc) is 2.58. The van der Waals surface area contributed by atoms with Crippen LogP contribution in [-0.2, 0) is 37.8 Å². The third-order valence-electron chi connectivity index (χ3n) is 3.25. The van der Waals surface area contributed by atoms with Crippen LogP contribution in [0.5, 0.6) is 0 Å². The number of rotatable bonds is 15. The second-order valence-corrected chi connectivity index (χ2v) is 10.4. The summed E-state index contributed by atoms with van der Waals surface area (Å²) in [6.45, 7) is 0.918. The summed E-state index contributed by atoms with van der Waals surface area (Å²) in [5, 5.41) is 0.478. The number of nitrogens with zero attached hydrogens (tertiary/aromatic N) is 3. The van der Waals surface area contributed by atoms with E-state index in [1.807, 2.05) is 0 Å². The number of aromatic nitrogens is 3. The molecule has 0 saturated carbocycles. The summed E-state index contributed by atoms with van der Waals surface area (Å²) in [6, 6.07) is 0. The highest BCUT2D eigenvalue weighted by Gasteiger charge is 2.10. The summed E-state index contributed by atoms with van der Waals surface area (Å²) < 4.78 is 55.0. The second-order valence-electron chi connectivity index (χ2n) is 5.91. The van der Waals surface area contributed by atoms with E-state index in [0.29, 0.717) is 48.4 Å². The fourth-order valence-corrected chi connectivity index (χ4v) is 4.08. The molecule has 0 aliphatic rings. The first-order valence-electron chi connectivity index (χ1n) is 8.61. The molecule has 1 aromatic rings. The van der Waals surface area contributed by atoms with Gasteiger partial charge in [-0.05, 0) is 19.3 Å². The van der Waals surface area contributed by atoms with Gasteiger partial charge in [0.2, 0.25) is 10.0 Å². The van der Waals surface area contributed by atoms with Crippen molar-refractivity contribution in [1.29, 1.82) is 0 Å². The number of aryl methyl sites for hydroxylation is 2. The van der Waals surface area contributed by atoms with E-state index in [-0.39, 0.29) is 18.7 Å². The van der Waals surface area contributed by atoms with Gasteiger partial charge in [-0.15, -0.1) is 0 Å². The van der Waals surface area contributed by atoms with Crippen molar-refractivity contribution in [1.82, 2.24) is 25.2 Å². The average molecular weight is 458 g/mol. The van der Waals surface area contributed by atoms with E-state index >= 15 is 0 Å². The Labute approximate surface area is 170 Å². The molecule has 0 unspecified atom stereocenters. The van der Waals surface area contributed by atoms with Crippen molar-refractivity contribution in [3.8, 4) is 0 Å². The lowest BCUT2D eigenvalue weighted by Crippen LogP contribution is -2.23. The summed E-state index contributed by atoms with van der Waals surface area (Å²) in [5.74, 6) is 1.28. The summed E-state index contributed by atoms with van der Waals surface area (Å²) in [6.07, 6.45) is 3.74. The maximum atomic E-state index is 11.1. The summed E-state index contributed by atoms with van der Waals surface area (Å²) in [4.78, 5) is 17.9. The van der Waals surface area contributed by atoms with E-state index < -0.39 is 20.1 Å². The van der Waals surface area contributed by atoms with E-state index in [0.717, 1.165) is 12.7 Å². The topological polar surface area (TPSA) is 160 Å². The number of sulfonamides is 1. The van der Waals surface area contributed by atoms with Gasteiger partial charge in [0.05, 0.1) is 19.1 Å². The zero-order valence-corrected chi connectivity index (χ0v) is 18.4. The molecule has 14 heteroatoms. The standard InChI is InChI=1S/C14H27N5O6S3/c1-25-15-8-3-6-12-17-13(7-4-9-16-27(2,20)21)19-14(18-12)26-10-5-11-28(22,23)24/h15-16H,3-11H2,1-2H3,(H,22,23,24). The molecule has 0 aliphatic carbocycles. The van der Waals surface area contributed by atoms with Gasteiger partial charge in [0.25, 0.3) is 10.1 Å². The van der Waals surface area contributed by atoms with Crippen LogP contribution in [0, 0.1) is 0 Å². The van der Waals surface area contributed by atoms with Crippen LogP contribution in [0.15, 0.2) is 5.16 Å². The van der Waals surface area contributed by atoms with Gasteiger partial charge in [0.15, 0.2) is 5.16 Å². The Morgan fingerprint density at radius 3 is 2.14 bits per heavy atom. The van der Waals surface area contributed by atoms with Crippen molar-refractivity contribution < 1.29 is 26.2 Å². The number of hydrogen-bond acceptors (Lipinski definition) is 10. The molecule has 1 heterocycles. The van der Waals surface area contributed by atoms with E-state index in [4.69, 9.17) is 9.39 Å². The Balaban J connectivity index is 2.67. The molecule has 28 heavy (non-hydrogen) atoms. The Morgan fingerprint density at radius 2 is 1.61 bits per heavy atom. The number of nitrogens with one attached hydrogen (secondary N) is 2. The fourth-order valence-electron chi connectivity index (χ4n) is 2.06. The molecule has 162 valence electrons. The van der Waals surface area contributed by atoms with Crippen LogP contribution >= 0.6 is 11.8 Å². The lowest BCUT2D eigenvalue weighted by molar-refractivity contribution is 0.0910. The van der Waals surface area contributed by atoms with Crippen molar-refractivity contribution in [2.75, 3.05) is 38.0 Å². The van der Waals surface area contributed by atoms with Crippen molar-refractivity contribution in [2.45, 2.75) is 37.3 Å². The van der Waals surface area contributed by atoms with E-state index in [2.05, 4.69) is 25.2 Å². The van der Waals surface area contributed by atoms with Gasteiger partial charge in [-0.1, -0.05) is 11.8 Å². The molecule has 0 fully saturated rings. The molecular weight excluding hydrogens is 430 g/mol. The van der Waals surface area contributed by atoms with Gasteiger partial charge in [0.1, 0.15) is 11.6 Å². The first kappa shape index (κ1) is 25.1. The predicted octanol–water partition coefficient (Wildman–Crippen LogP) is -0.193. The van der Waals surface area contributed by atoms with E-state index in [1.165, 1.54) is 18.9 Å². The highest BCUT2D eigenvalue weighted by atomic mass is 32.2. The van der Waals surface area contributed by atoms with Crippen molar-refractivity contribution in [2.24, 2.45) is 0 Å².